The topological polar surface area (TPSA) is 86.6 Å². The molecule has 0 amide bonds. The first-order valence-corrected chi connectivity index (χ1v) is 6.10. The van der Waals surface area contributed by atoms with Crippen molar-refractivity contribution in [3.05, 3.63) is 0 Å². The average Bonchev–Trinajstić information content (AvgIpc) is 2.21. The average molecular weight is 245 g/mol. The number of carboxylic acids is 2. The maximum atomic E-state index is 11.0. The van der Waals surface area contributed by atoms with E-state index in [1.165, 1.54) is 0 Å². The van der Waals surface area contributed by atoms with Crippen molar-refractivity contribution < 1.29 is 19.8 Å². The summed E-state index contributed by atoms with van der Waals surface area (Å²) in [5.41, 5.74) is 0. The second-order valence-corrected chi connectivity index (χ2v) is 4.72. The number of carboxylic acid groups (broad SMARTS) is 2. The van der Waals surface area contributed by atoms with Crippen molar-refractivity contribution in [2.24, 2.45) is 5.92 Å². The first kappa shape index (κ1) is 15.9. The SMILES string of the molecule is CCCCC(N[C@@H](CC(C)C)C(=O)O)C(=O)O. The van der Waals surface area contributed by atoms with Crippen LogP contribution in [0.25, 0.3) is 0 Å². The van der Waals surface area contributed by atoms with Crippen LogP contribution in [0.3, 0.4) is 0 Å². The van der Waals surface area contributed by atoms with Crippen molar-refractivity contribution in [1.29, 1.82) is 0 Å². The van der Waals surface area contributed by atoms with Gasteiger partial charge in [0, 0.05) is 0 Å². The minimum atomic E-state index is -0.985. The molecular weight excluding hydrogens is 222 g/mol. The van der Waals surface area contributed by atoms with Crippen LogP contribution in [-0.4, -0.2) is 34.2 Å². The van der Waals surface area contributed by atoms with Crippen LogP contribution in [0.4, 0.5) is 0 Å². The molecule has 0 fully saturated rings. The molecule has 3 N–H and O–H groups in total. The summed E-state index contributed by atoms with van der Waals surface area (Å²) in [6.45, 7) is 5.81. The van der Waals surface area contributed by atoms with Gasteiger partial charge in [0.25, 0.3) is 0 Å². The molecule has 0 spiro atoms. The second kappa shape index (κ2) is 8.06. The molecule has 0 aromatic rings. The molecule has 5 heteroatoms. The first-order valence-electron chi connectivity index (χ1n) is 6.10. The fourth-order valence-corrected chi connectivity index (χ4v) is 1.64. The molecule has 0 aliphatic rings. The van der Waals surface area contributed by atoms with Gasteiger partial charge in [-0.2, -0.15) is 0 Å². The molecule has 2 atom stereocenters. The summed E-state index contributed by atoms with van der Waals surface area (Å²) in [5.74, 6) is -1.75. The van der Waals surface area contributed by atoms with E-state index in [1.54, 1.807) is 0 Å². The van der Waals surface area contributed by atoms with Gasteiger partial charge >= 0.3 is 11.9 Å². The third-order valence-electron chi connectivity index (χ3n) is 2.55. The van der Waals surface area contributed by atoms with E-state index in [-0.39, 0.29) is 5.92 Å². The Morgan fingerprint density at radius 3 is 2.00 bits per heavy atom. The lowest BCUT2D eigenvalue weighted by Crippen LogP contribution is -2.47. The lowest BCUT2D eigenvalue weighted by atomic mass is 10.0. The van der Waals surface area contributed by atoms with Gasteiger partial charge in [0.1, 0.15) is 12.1 Å². The van der Waals surface area contributed by atoms with Gasteiger partial charge in [-0.1, -0.05) is 33.6 Å². The van der Waals surface area contributed by atoms with Crippen molar-refractivity contribution in [1.82, 2.24) is 5.32 Å². The molecule has 17 heavy (non-hydrogen) atoms. The fraction of sp³-hybridized carbons (Fsp3) is 0.833. The number of nitrogens with one attached hydrogen (secondary N) is 1. The maximum Gasteiger partial charge on any atom is 0.320 e. The molecule has 0 aliphatic heterocycles. The Bertz CT molecular complexity index is 253. The van der Waals surface area contributed by atoms with E-state index in [0.29, 0.717) is 12.8 Å². The number of aliphatic carboxylic acids is 2. The smallest absolute Gasteiger partial charge is 0.320 e. The van der Waals surface area contributed by atoms with Crippen LogP contribution in [0, 0.1) is 5.92 Å². The van der Waals surface area contributed by atoms with E-state index < -0.39 is 24.0 Å². The largest absolute Gasteiger partial charge is 0.480 e. The molecule has 0 saturated heterocycles. The van der Waals surface area contributed by atoms with Crippen LogP contribution in [0.2, 0.25) is 0 Å². The van der Waals surface area contributed by atoms with Crippen molar-refractivity contribution in [2.45, 2.75) is 58.5 Å². The van der Waals surface area contributed by atoms with Gasteiger partial charge < -0.3 is 10.2 Å². The van der Waals surface area contributed by atoms with Crippen molar-refractivity contribution >= 4 is 11.9 Å². The normalized spacial score (nSPS) is 14.6. The molecule has 0 aromatic carbocycles. The minimum Gasteiger partial charge on any atom is -0.480 e. The summed E-state index contributed by atoms with van der Waals surface area (Å²) in [7, 11) is 0. The van der Waals surface area contributed by atoms with E-state index in [1.807, 2.05) is 20.8 Å². The standard InChI is InChI=1S/C12H23NO4/c1-4-5-6-9(11(14)15)13-10(12(16)17)7-8(2)3/h8-10,13H,4-7H2,1-3H3,(H,14,15)(H,16,17)/t9?,10-/m0/s1. The molecule has 1 unspecified atom stereocenters. The van der Waals surface area contributed by atoms with Crippen LogP contribution in [0.5, 0.6) is 0 Å². The molecule has 0 saturated carbocycles. The lowest BCUT2D eigenvalue weighted by molar-refractivity contribution is -0.143. The predicted molar refractivity (Wildman–Crippen MR) is 65.0 cm³/mol. The van der Waals surface area contributed by atoms with E-state index in [4.69, 9.17) is 10.2 Å². The number of unbranched alkanes of at least 4 members (excludes halogenated alkanes) is 1. The molecule has 100 valence electrons. The number of hydrogen-bond donors (Lipinski definition) is 3. The molecule has 0 aromatic heterocycles. The Morgan fingerprint density at radius 2 is 1.65 bits per heavy atom. The molecule has 0 radical (unpaired) electrons. The van der Waals surface area contributed by atoms with E-state index in [2.05, 4.69) is 5.32 Å². The van der Waals surface area contributed by atoms with Gasteiger partial charge in [0.2, 0.25) is 0 Å². The second-order valence-electron chi connectivity index (χ2n) is 4.72. The minimum absolute atomic E-state index is 0.212. The molecule has 0 aliphatic carbocycles. The zero-order chi connectivity index (χ0) is 13.4. The Hall–Kier alpha value is -1.10. The van der Waals surface area contributed by atoms with Gasteiger partial charge in [-0.05, 0) is 18.8 Å². The van der Waals surface area contributed by atoms with Crippen LogP contribution in [0.15, 0.2) is 0 Å². The zero-order valence-corrected chi connectivity index (χ0v) is 10.8. The molecule has 0 heterocycles. The van der Waals surface area contributed by atoms with Crippen molar-refractivity contribution in [2.75, 3.05) is 0 Å². The van der Waals surface area contributed by atoms with Crippen LogP contribution in [0.1, 0.15) is 46.5 Å². The summed E-state index contributed by atoms with van der Waals surface area (Å²) < 4.78 is 0. The van der Waals surface area contributed by atoms with Gasteiger partial charge in [0.15, 0.2) is 0 Å². The van der Waals surface area contributed by atoms with Crippen molar-refractivity contribution in [3.63, 3.8) is 0 Å². The van der Waals surface area contributed by atoms with E-state index in [9.17, 15) is 9.59 Å². The Kier molecular flexibility index (Phi) is 7.54. The highest BCUT2D eigenvalue weighted by molar-refractivity contribution is 5.77. The summed E-state index contributed by atoms with van der Waals surface area (Å²) in [6.07, 6.45) is 2.57. The monoisotopic (exact) mass is 245 g/mol. The first-order chi connectivity index (χ1) is 7.88. The van der Waals surface area contributed by atoms with E-state index >= 15 is 0 Å². The van der Waals surface area contributed by atoms with Gasteiger partial charge in [-0.15, -0.1) is 0 Å². The van der Waals surface area contributed by atoms with Crippen LogP contribution in [-0.2, 0) is 9.59 Å². The predicted octanol–water partition coefficient (Wildman–Crippen LogP) is 1.72. The third kappa shape index (κ3) is 6.94. The molecule has 0 rings (SSSR count). The third-order valence-corrected chi connectivity index (χ3v) is 2.55. The number of hydrogen-bond acceptors (Lipinski definition) is 3. The molecule has 0 bridgehead atoms. The van der Waals surface area contributed by atoms with Crippen LogP contribution < -0.4 is 5.32 Å². The molecule has 5 nitrogen and oxygen atoms in total. The molecular formula is C12H23NO4. The van der Waals surface area contributed by atoms with Crippen LogP contribution >= 0.6 is 0 Å². The van der Waals surface area contributed by atoms with E-state index in [0.717, 1.165) is 12.8 Å². The number of carbonyl (C=O) groups is 2. The summed E-state index contributed by atoms with van der Waals surface area (Å²) in [6, 6.07) is -1.55. The Balaban J connectivity index is 4.45. The van der Waals surface area contributed by atoms with Gasteiger partial charge in [-0.3, -0.25) is 14.9 Å². The van der Waals surface area contributed by atoms with Crippen molar-refractivity contribution in [3.8, 4) is 0 Å². The summed E-state index contributed by atoms with van der Waals surface area (Å²) in [5, 5.41) is 20.8. The van der Waals surface area contributed by atoms with Gasteiger partial charge in [0.05, 0.1) is 0 Å². The highest BCUT2D eigenvalue weighted by atomic mass is 16.4. The summed E-state index contributed by atoms with van der Waals surface area (Å²) in [4.78, 5) is 22.0. The number of rotatable bonds is 9. The lowest BCUT2D eigenvalue weighted by Gasteiger charge is -2.21. The highest BCUT2D eigenvalue weighted by Gasteiger charge is 2.25. The Morgan fingerprint density at radius 1 is 1.12 bits per heavy atom. The highest BCUT2D eigenvalue weighted by Crippen LogP contribution is 2.08. The maximum absolute atomic E-state index is 11.0. The fourth-order valence-electron chi connectivity index (χ4n) is 1.64. The quantitative estimate of drug-likeness (QED) is 0.575. The van der Waals surface area contributed by atoms with Gasteiger partial charge in [-0.25, -0.2) is 0 Å². The Labute approximate surface area is 102 Å². The zero-order valence-electron chi connectivity index (χ0n) is 10.8. The summed E-state index contributed by atoms with van der Waals surface area (Å²) >= 11 is 0.